The van der Waals surface area contributed by atoms with Gasteiger partial charge in [0.15, 0.2) is 0 Å². The van der Waals surface area contributed by atoms with E-state index in [0.717, 1.165) is 6.07 Å². The van der Waals surface area contributed by atoms with Crippen molar-refractivity contribution in [1.29, 1.82) is 5.41 Å². The number of aliphatic hydroxyl groups is 1. The average molecular weight is 488 g/mol. The summed E-state index contributed by atoms with van der Waals surface area (Å²) in [6.07, 6.45) is -9.07. The maximum atomic E-state index is 12.4. The molecule has 13 heteroatoms. The van der Waals surface area contributed by atoms with Gasteiger partial charge in [0, 0.05) is 16.8 Å². The molecule has 2 aromatic carbocycles. The monoisotopic (exact) mass is 488 g/mol. The number of carbonyl (C=O) groups is 1. The van der Waals surface area contributed by atoms with Crippen LogP contribution in [0.2, 0.25) is 0 Å². The molecule has 0 atom stereocenters. The number of amides is 1. The molecular weight excluding hydrogens is 470 g/mol. The van der Waals surface area contributed by atoms with E-state index in [1.165, 1.54) is 42.5 Å². The summed E-state index contributed by atoms with van der Waals surface area (Å²) < 4.78 is 77.6. The molecule has 7 nitrogen and oxygen atoms in total. The fraction of sp³-hybridized carbons (Fsp3) is 0.238. The quantitative estimate of drug-likeness (QED) is 0.355. The molecule has 182 valence electrons. The summed E-state index contributed by atoms with van der Waals surface area (Å²) in [5.74, 6) is -2.03. The van der Waals surface area contributed by atoms with Crippen molar-refractivity contribution in [2.24, 2.45) is 0 Å². The van der Waals surface area contributed by atoms with Gasteiger partial charge >= 0.3 is 18.2 Å². The Morgan fingerprint density at radius 2 is 1.65 bits per heavy atom. The van der Waals surface area contributed by atoms with Crippen molar-refractivity contribution >= 4 is 11.6 Å². The number of benzene rings is 2. The number of halogens is 6. The van der Waals surface area contributed by atoms with E-state index in [2.05, 4.69) is 20.0 Å². The van der Waals surface area contributed by atoms with Gasteiger partial charge in [0.2, 0.25) is 5.82 Å². The van der Waals surface area contributed by atoms with Crippen LogP contribution in [-0.2, 0) is 19.0 Å². The summed E-state index contributed by atoms with van der Waals surface area (Å²) in [4.78, 5) is 15.0. The Hall–Kier alpha value is -3.74. The lowest BCUT2D eigenvalue weighted by atomic mass is 10.1. The summed E-state index contributed by atoms with van der Waals surface area (Å²) in [7, 11) is 0. The molecule has 0 saturated carbocycles. The van der Waals surface area contributed by atoms with Crippen LogP contribution >= 0.6 is 0 Å². The minimum atomic E-state index is -4.70. The zero-order valence-corrected chi connectivity index (χ0v) is 17.5. The lowest BCUT2D eigenvalue weighted by Crippen LogP contribution is -2.27. The summed E-state index contributed by atoms with van der Waals surface area (Å²) >= 11 is 0. The van der Waals surface area contributed by atoms with Gasteiger partial charge in [0.1, 0.15) is 0 Å². The average Bonchev–Trinajstić information content (AvgIpc) is 3.28. The number of hydrogen-bond acceptors (Lipinski definition) is 6. The first-order valence-electron chi connectivity index (χ1n) is 9.42. The topological polar surface area (TPSA) is 112 Å². The summed E-state index contributed by atoms with van der Waals surface area (Å²) in [6.45, 7) is 1.09. The van der Waals surface area contributed by atoms with Crippen LogP contribution in [0, 0.1) is 5.41 Å². The molecule has 0 fully saturated rings. The second-order valence-electron chi connectivity index (χ2n) is 6.77. The van der Waals surface area contributed by atoms with E-state index >= 15 is 0 Å². The van der Waals surface area contributed by atoms with E-state index in [0.29, 0.717) is 16.8 Å². The molecule has 0 unspecified atom stereocenters. The van der Waals surface area contributed by atoms with Gasteiger partial charge in [0.25, 0.3) is 5.91 Å². The molecular formula is C21H18F6N4O3. The predicted octanol–water partition coefficient (Wildman–Crippen LogP) is 4.72. The number of nitrogens with zero attached hydrogens (tertiary/aromatic N) is 2. The van der Waals surface area contributed by atoms with Gasteiger partial charge in [-0.15, -0.1) is 0 Å². The molecule has 3 N–H and O–H groups in total. The van der Waals surface area contributed by atoms with Crippen molar-refractivity contribution in [2.45, 2.75) is 25.9 Å². The number of alkyl halides is 6. The van der Waals surface area contributed by atoms with Gasteiger partial charge in [-0.3, -0.25) is 4.79 Å². The van der Waals surface area contributed by atoms with E-state index < -0.39 is 30.4 Å². The van der Waals surface area contributed by atoms with Crippen molar-refractivity contribution in [2.75, 3.05) is 6.54 Å². The normalized spacial score (nSPS) is 11.4. The number of aliphatic hydroxyl groups excluding tert-OH is 1. The number of carbonyl (C=O) groups excluding carboxylic acids is 1. The van der Waals surface area contributed by atoms with Crippen LogP contribution < -0.4 is 5.32 Å². The van der Waals surface area contributed by atoms with E-state index in [-0.39, 0.29) is 23.8 Å². The van der Waals surface area contributed by atoms with Crippen LogP contribution in [0.1, 0.15) is 34.3 Å². The summed E-state index contributed by atoms with van der Waals surface area (Å²) in [6, 6.07) is 10.6. The first-order valence-corrected chi connectivity index (χ1v) is 9.42. The molecule has 3 aromatic rings. The minimum Gasteiger partial charge on any atom is -0.392 e. The van der Waals surface area contributed by atoms with E-state index in [1.807, 2.05) is 0 Å². The SMILES string of the molecule is CC(=N)CNC(=O)c1ccc(-c2noc(C(F)(F)F)n2)cc1.OCc1ccccc1C(F)(F)F. The van der Waals surface area contributed by atoms with Gasteiger partial charge in [-0.2, -0.15) is 31.3 Å². The highest BCUT2D eigenvalue weighted by molar-refractivity contribution is 5.97. The van der Waals surface area contributed by atoms with Crippen LogP contribution in [0.15, 0.2) is 53.1 Å². The number of nitrogens with one attached hydrogen (secondary N) is 2. The number of aromatic nitrogens is 2. The van der Waals surface area contributed by atoms with Crippen molar-refractivity contribution in [3.63, 3.8) is 0 Å². The Morgan fingerprint density at radius 3 is 2.12 bits per heavy atom. The molecule has 0 spiro atoms. The van der Waals surface area contributed by atoms with Crippen molar-refractivity contribution in [3.05, 3.63) is 71.1 Å². The molecule has 0 bridgehead atoms. The maximum absolute atomic E-state index is 12.4. The Kier molecular flexibility index (Phi) is 8.51. The third-order valence-corrected chi connectivity index (χ3v) is 4.08. The van der Waals surface area contributed by atoms with Gasteiger partial charge in [-0.25, -0.2) is 0 Å². The molecule has 1 aromatic heterocycles. The highest BCUT2D eigenvalue weighted by Crippen LogP contribution is 2.31. The third kappa shape index (κ3) is 7.40. The van der Waals surface area contributed by atoms with Crippen LogP contribution in [0.25, 0.3) is 11.4 Å². The van der Waals surface area contributed by atoms with E-state index in [1.54, 1.807) is 6.92 Å². The van der Waals surface area contributed by atoms with Gasteiger partial charge in [0.05, 0.1) is 18.7 Å². The molecule has 3 rings (SSSR count). The smallest absolute Gasteiger partial charge is 0.392 e. The Morgan fingerprint density at radius 1 is 1.03 bits per heavy atom. The van der Waals surface area contributed by atoms with Gasteiger partial charge < -0.3 is 20.4 Å². The summed E-state index contributed by atoms with van der Waals surface area (Å²) in [5, 5.41) is 21.6. The Bertz CT molecular complexity index is 1120. The largest absolute Gasteiger partial charge is 0.471 e. The Balaban J connectivity index is 0.000000287. The minimum absolute atomic E-state index is 0.0926. The number of hydrogen-bond donors (Lipinski definition) is 3. The molecule has 0 aliphatic rings. The molecule has 34 heavy (non-hydrogen) atoms. The molecule has 0 aliphatic carbocycles. The van der Waals surface area contributed by atoms with E-state index in [9.17, 15) is 31.1 Å². The van der Waals surface area contributed by atoms with Crippen LogP contribution in [0.4, 0.5) is 26.3 Å². The molecule has 0 radical (unpaired) electrons. The third-order valence-electron chi connectivity index (χ3n) is 4.08. The van der Waals surface area contributed by atoms with Crippen LogP contribution in [0.5, 0.6) is 0 Å². The van der Waals surface area contributed by atoms with E-state index in [4.69, 9.17) is 10.5 Å². The van der Waals surface area contributed by atoms with Crippen LogP contribution in [-0.4, -0.2) is 33.4 Å². The van der Waals surface area contributed by atoms with Crippen molar-refractivity contribution in [1.82, 2.24) is 15.5 Å². The summed E-state index contributed by atoms with van der Waals surface area (Å²) in [5.41, 5.74) is 0.0394. The van der Waals surface area contributed by atoms with Crippen LogP contribution in [0.3, 0.4) is 0 Å². The first kappa shape index (κ1) is 26.5. The molecule has 1 amide bonds. The molecule has 0 saturated heterocycles. The Labute approximate surface area is 188 Å². The zero-order chi connectivity index (χ0) is 25.5. The standard InChI is InChI=1S/C13H11F3N4O2.C8H7F3O/c1-7(17)6-18-11(21)9-4-2-8(3-5-9)10-19-12(22-20-10)13(14,15)16;9-8(10,11)7-4-2-1-3-6(7)5-12/h2-5,17H,6H2,1H3,(H,18,21);1-4,12H,5H2. The highest BCUT2D eigenvalue weighted by Gasteiger charge is 2.38. The molecule has 1 heterocycles. The first-order chi connectivity index (χ1) is 15.8. The van der Waals surface area contributed by atoms with Gasteiger partial charge in [-0.1, -0.05) is 35.5 Å². The maximum Gasteiger partial charge on any atom is 0.471 e. The number of rotatable bonds is 5. The lowest BCUT2D eigenvalue weighted by molar-refractivity contribution is -0.159. The van der Waals surface area contributed by atoms with Gasteiger partial charge in [-0.05, 0) is 30.7 Å². The fourth-order valence-electron chi connectivity index (χ4n) is 2.48. The second-order valence-corrected chi connectivity index (χ2v) is 6.77. The molecule has 0 aliphatic heterocycles. The zero-order valence-electron chi connectivity index (χ0n) is 17.5. The fourth-order valence-corrected chi connectivity index (χ4v) is 2.48. The van der Waals surface area contributed by atoms with Crippen molar-refractivity contribution in [3.8, 4) is 11.4 Å². The second kappa shape index (κ2) is 10.9. The predicted molar refractivity (Wildman–Crippen MR) is 108 cm³/mol. The lowest BCUT2D eigenvalue weighted by Gasteiger charge is -2.09. The van der Waals surface area contributed by atoms with Crippen molar-refractivity contribution < 1.29 is 40.8 Å². The highest BCUT2D eigenvalue weighted by atomic mass is 19.4.